The molecule has 154 valence electrons. The van der Waals surface area contributed by atoms with Crippen molar-refractivity contribution in [3.63, 3.8) is 0 Å². The molecule has 0 fully saturated rings. The minimum Gasteiger partial charge on any atom is -0.493 e. The van der Waals surface area contributed by atoms with Gasteiger partial charge in [-0.1, -0.05) is 49.7 Å². The summed E-state index contributed by atoms with van der Waals surface area (Å²) in [4.78, 5) is 23.7. The number of hydrogen-bond donors (Lipinski definition) is 2. The lowest BCUT2D eigenvalue weighted by molar-refractivity contribution is -0.141. The van der Waals surface area contributed by atoms with Gasteiger partial charge < -0.3 is 19.9 Å². The highest BCUT2D eigenvalue weighted by Gasteiger charge is 2.19. The van der Waals surface area contributed by atoms with E-state index in [0.29, 0.717) is 18.1 Å². The second kappa shape index (κ2) is 11.5. The van der Waals surface area contributed by atoms with E-state index in [-0.39, 0.29) is 6.42 Å². The van der Waals surface area contributed by atoms with Gasteiger partial charge in [0, 0.05) is 12.5 Å². The standard InChI is InChI=1S/C23H27NO5/c1-3-4-14-29-20-12-10-18(16-21(20)28-2)11-13-22(25)24-19(23(26)27)15-17-8-6-5-7-9-17/h5-13,16,19H,3-4,14-15H2,1-2H3,(H,24,25)(H,26,27)/b13-11+/t19-/m0/s1. The molecular weight excluding hydrogens is 370 g/mol. The molecule has 29 heavy (non-hydrogen) atoms. The summed E-state index contributed by atoms with van der Waals surface area (Å²) in [5.74, 6) is -0.325. The lowest BCUT2D eigenvalue weighted by atomic mass is 10.1. The predicted molar refractivity (Wildman–Crippen MR) is 112 cm³/mol. The molecule has 0 radical (unpaired) electrons. The summed E-state index contributed by atoms with van der Waals surface area (Å²) in [5.41, 5.74) is 1.59. The Morgan fingerprint density at radius 1 is 1.14 bits per heavy atom. The molecule has 1 amide bonds. The number of carbonyl (C=O) groups excluding carboxylic acids is 1. The largest absolute Gasteiger partial charge is 0.493 e. The maximum atomic E-state index is 12.2. The molecule has 0 spiro atoms. The van der Waals surface area contributed by atoms with Crippen LogP contribution in [0.5, 0.6) is 11.5 Å². The van der Waals surface area contributed by atoms with E-state index in [1.165, 1.54) is 6.08 Å². The molecule has 0 aliphatic carbocycles. The van der Waals surface area contributed by atoms with Crippen LogP contribution in [0.2, 0.25) is 0 Å². The molecule has 0 unspecified atom stereocenters. The lowest BCUT2D eigenvalue weighted by Crippen LogP contribution is -2.41. The van der Waals surface area contributed by atoms with Crippen LogP contribution in [0.25, 0.3) is 6.08 Å². The first kappa shape index (κ1) is 22.0. The number of aliphatic carboxylic acids is 1. The summed E-state index contributed by atoms with van der Waals surface area (Å²) in [6.07, 6.45) is 5.13. The number of hydrogen-bond acceptors (Lipinski definition) is 4. The van der Waals surface area contributed by atoms with Crippen LogP contribution in [0.4, 0.5) is 0 Å². The number of ether oxygens (including phenoxy) is 2. The number of nitrogens with one attached hydrogen (secondary N) is 1. The van der Waals surface area contributed by atoms with Crippen LogP contribution in [0.15, 0.2) is 54.6 Å². The molecule has 2 aromatic rings. The third-order valence-electron chi connectivity index (χ3n) is 4.27. The van der Waals surface area contributed by atoms with Crippen molar-refractivity contribution in [3.05, 3.63) is 65.7 Å². The molecular formula is C23H27NO5. The Morgan fingerprint density at radius 2 is 1.90 bits per heavy atom. The van der Waals surface area contributed by atoms with E-state index in [9.17, 15) is 14.7 Å². The minimum atomic E-state index is -1.08. The summed E-state index contributed by atoms with van der Waals surface area (Å²) >= 11 is 0. The number of rotatable bonds is 11. The number of benzene rings is 2. The number of carboxylic acids is 1. The first-order valence-electron chi connectivity index (χ1n) is 9.59. The molecule has 2 rings (SSSR count). The maximum absolute atomic E-state index is 12.2. The van der Waals surface area contributed by atoms with Gasteiger partial charge in [-0.3, -0.25) is 4.79 Å². The van der Waals surface area contributed by atoms with Crippen molar-refractivity contribution in [1.82, 2.24) is 5.32 Å². The van der Waals surface area contributed by atoms with Gasteiger partial charge in [0.25, 0.3) is 0 Å². The van der Waals surface area contributed by atoms with E-state index in [1.807, 2.05) is 36.4 Å². The molecule has 6 nitrogen and oxygen atoms in total. The fraction of sp³-hybridized carbons (Fsp3) is 0.304. The SMILES string of the molecule is CCCCOc1ccc(/C=C/C(=O)N[C@@H](Cc2ccccc2)C(=O)O)cc1OC. The van der Waals surface area contributed by atoms with Crippen molar-refractivity contribution in [2.75, 3.05) is 13.7 Å². The highest BCUT2D eigenvalue weighted by atomic mass is 16.5. The van der Waals surface area contributed by atoms with Crippen molar-refractivity contribution in [2.24, 2.45) is 0 Å². The highest BCUT2D eigenvalue weighted by Crippen LogP contribution is 2.28. The van der Waals surface area contributed by atoms with Gasteiger partial charge in [-0.2, -0.15) is 0 Å². The van der Waals surface area contributed by atoms with Crippen molar-refractivity contribution < 1.29 is 24.2 Å². The van der Waals surface area contributed by atoms with Crippen molar-refractivity contribution in [1.29, 1.82) is 0 Å². The summed E-state index contributed by atoms with van der Waals surface area (Å²) in [6.45, 7) is 2.71. The number of carboxylic acid groups (broad SMARTS) is 1. The lowest BCUT2D eigenvalue weighted by Gasteiger charge is -2.13. The number of methoxy groups -OCH3 is 1. The van der Waals surface area contributed by atoms with Crippen LogP contribution in [-0.4, -0.2) is 36.7 Å². The zero-order valence-electron chi connectivity index (χ0n) is 16.8. The zero-order valence-corrected chi connectivity index (χ0v) is 16.8. The Kier molecular flexibility index (Phi) is 8.76. The van der Waals surface area contributed by atoms with Crippen molar-refractivity contribution in [2.45, 2.75) is 32.2 Å². The molecule has 1 atom stereocenters. The van der Waals surface area contributed by atoms with Crippen molar-refractivity contribution in [3.8, 4) is 11.5 Å². The Hall–Kier alpha value is -3.28. The molecule has 2 aromatic carbocycles. The third-order valence-corrected chi connectivity index (χ3v) is 4.27. The Balaban J connectivity index is 2.00. The average Bonchev–Trinajstić information content (AvgIpc) is 2.73. The van der Waals surface area contributed by atoms with Crippen LogP contribution in [0.3, 0.4) is 0 Å². The Morgan fingerprint density at radius 3 is 2.55 bits per heavy atom. The first-order valence-corrected chi connectivity index (χ1v) is 9.59. The molecule has 0 aliphatic rings. The van der Waals surface area contributed by atoms with E-state index in [0.717, 1.165) is 24.0 Å². The van der Waals surface area contributed by atoms with E-state index in [1.54, 1.807) is 25.3 Å². The van der Waals surface area contributed by atoms with Gasteiger partial charge in [0.2, 0.25) is 5.91 Å². The van der Waals surface area contributed by atoms with Gasteiger partial charge in [-0.25, -0.2) is 4.79 Å². The first-order chi connectivity index (χ1) is 14.0. The molecule has 2 N–H and O–H groups in total. The zero-order chi connectivity index (χ0) is 21.1. The fourth-order valence-corrected chi connectivity index (χ4v) is 2.68. The van der Waals surface area contributed by atoms with Crippen molar-refractivity contribution >= 4 is 18.0 Å². The molecule has 0 bridgehead atoms. The van der Waals surface area contributed by atoms with Crippen LogP contribution < -0.4 is 14.8 Å². The summed E-state index contributed by atoms with van der Waals surface area (Å²) < 4.78 is 11.0. The smallest absolute Gasteiger partial charge is 0.326 e. The number of unbranched alkanes of at least 4 members (excludes halogenated alkanes) is 1. The summed E-state index contributed by atoms with van der Waals surface area (Å²) in [7, 11) is 1.56. The Bertz CT molecular complexity index is 832. The van der Waals surface area contributed by atoms with Crippen LogP contribution >= 0.6 is 0 Å². The van der Waals surface area contributed by atoms with E-state index in [4.69, 9.17) is 9.47 Å². The molecule has 0 heterocycles. The summed E-state index contributed by atoms with van der Waals surface area (Å²) in [5, 5.41) is 11.9. The topological polar surface area (TPSA) is 84.9 Å². The van der Waals surface area contributed by atoms with E-state index >= 15 is 0 Å². The van der Waals surface area contributed by atoms with Gasteiger partial charge in [-0.05, 0) is 35.8 Å². The average molecular weight is 397 g/mol. The third kappa shape index (κ3) is 7.33. The quantitative estimate of drug-likeness (QED) is 0.446. The number of amides is 1. The van der Waals surface area contributed by atoms with Gasteiger partial charge in [-0.15, -0.1) is 0 Å². The molecule has 0 saturated carbocycles. The van der Waals surface area contributed by atoms with Crippen LogP contribution in [0, 0.1) is 0 Å². The Labute approximate surface area is 171 Å². The number of carbonyl (C=O) groups is 2. The maximum Gasteiger partial charge on any atom is 0.326 e. The second-order valence-electron chi connectivity index (χ2n) is 6.53. The summed E-state index contributed by atoms with van der Waals surface area (Å²) in [6, 6.07) is 13.5. The molecule has 6 heteroatoms. The highest BCUT2D eigenvalue weighted by molar-refractivity contribution is 5.94. The van der Waals surface area contributed by atoms with Gasteiger partial charge in [0.15, 0.2) is 11.5 Å². The molecule has 0 aromatic heterocycles. The monoisotopic (exact) mass is 397 g/mol. The minimum absolute atomic E-state index is 0.216. The molecule has 0 saturated heterocycles. The van der Waals surface area contributed by atoms with E-state index in [2.05, 4.69) is 12.2 Å². The molecule has 0 aliphatic heterocycles. The van der Waals surface area contributed by atoms with Gasteiger partial charge in [0.1, 0.15) is 6.04 Å². The van der Waals surface area contributed by atoms with Crippen LogP contribution in [0.1, 0.15) is 30.9 Å². The van der Waals surface area contributed by atoms with E-state index < -0.39 is 17.9 Å². The predicted octanol–water partition coefficient (Wildman–Crippen LogP) is 3.70. The van der Waals surface area contributed by atoms with Gasteiger partial charge >= 0.3 is 5.97 Å². The fourth-order valence-electron chi connectivity index (χ4n) is 2.68. The van der Waals surface area contributed by atoms with Crippen LogP contribution in [-0.2, 0) is 16.0 Å². The normalized spacial score (nSPS) is 11.8. The van der Waals surface area contributed by atoms with Gasteiger partial charge in [0.05, 0.1) is 13.7 Å². The second-order valence-corrected chi connectivity index (χ2v) is 6.53.